The monoisotopic (exact) mass is 236 g/mol. The standard InChI is InChI=1S/C13H24N4/c1-4-9(2)12(14)13-16-15-10(3)17(13)11-7-5-6-8-11/h9,11-12H,4-8,14H2,1-3H3. The maximum absolute atomic E-state index is 6.31. The predicted molar refractivity (Wildman–Crippen MR) is 68.6 cm³/mol. The maximum atomic E-state index is 6.31. The van der Waals surface area contributed by atoms with E-state index in [1.54, 1.807) is 0 Å². The van der Waals surface area contributed by atoms with Crippen LogP contribution < -0.4 is 5.73 Å². The Labute approximate surface area is 104 Å². The molecule has 0 aliphatic heterocycles. The van der Waals surface area contributed by atoms with Crippen molar-refractivity contribution >= 4 is 0 Å². The molecule has 1 saturated carbocycles. The van der Waals surface area contributed by atoms with E-state index in [-0.39, 0.29) is 6.04 Å². The third kappa shape index (κ3) is 2.37. The van der Waals surface area contributed by atoms with E-state index in [1.807, 2.05) is 6.92 Å². The van der Waals surface area contributed by atoms with Crippen molar-refractivity contribution in [2.24, 2.45) is 11.7 Å². The van der Waals surface area contributed by atoms with Gasteiger partial charge in [-0.2, -0.15) is 0 Å². The molecule has 1 aromatic rings. The van der Waals surface area contributed by atoms with E-state index in [9.17, 15) is 0 Å². The van der Waals surface area contributed by atoms with Gasteiger partial charge in [0.2, 0.25) is 0 Å². The Kier molecular flexibility index (Phi) is 3.82. The summed E-state index contributed by atoms with van der Waals surface area (Å²) in [5.41, 5.74) is 6.31. The van der Waals surface area contributed by atoms with Gasteiger partial charge in [-0.05, 0) is 25.7 Å². The van der Waals surface area contributed by atoms with Crippen LogP contribution >= 0.6 is 0 Å². The van der Waals surface area contributed by atoms with Gasteiger partial charge in [0.25, 0.3) is 0 Å². The molecule has 4 nitrogen and oxygen atoms in total. The molecule has 2 unspecified atom stereocenters. The zero-order valence-corrected chi connectivity index (χ0v) is 11.2. The Morgan fingerprint density at radius 2 is 2.00 bits per heavy atom. The van der Waals surface area contributed by atoms with E-state index in [2.05, 4.69) is 28.6 Å². The van der Waals surface area contributed by atoms with Crippen molar-refractivity contribution < 1.29 is 0 Å². The van der Waals surface area contributed by atoms with Crippen molar-refractivity contribution in [1.29, 1.82) is 0 Å². The molecule has 1 aromatic heterocycles. The van der Waals surface area contributed by atoms with Crippen LogP contribution in [0.15, 0.2) is 0 Å². The quantitative estimate of drug-likeness (QED) is 0.874. The molecule has 1 aliphatic carbocycles. The first-order valence-electron chi connectivity index (χ1n) is 6.82. The Balaban J connectivity index is 2.28. The van der Waals surface area contributed by atoms with Crippen LogP contribution in [0.2, 0.25) is 0 Å². The fourth-order valence-corrected chi connectivity index (χ4v) is 2.74. The molecule has 0 saturated heterocycles. The molecule has 4 heteroatoms. The van der Waals surface area contributed by atoms with Crippen molar-refractivity contribution in [1.82, 2.24) is 14.8 Å². The fourth-order valence-electron chi connectivity index (χ4n) is 2.74. The minimum absolute atomic E-state index is 0.0156. The summed E-state index contributed by atoms with van der Waals surface area (Å²) in [6.07, 6.45) is 6.22. The molecule has 0 spiro atoms. The predicted octanol–water partition coefficient (Wildman–Crippen LogP) is 2.75. The van der Waals surface area contributed by atoms with Crippen LogP contribution in [-0.2, 0) is 0 Å². The fraction of sp³-hybridized carbons (Fsp3) is 0.846. The molecule has 96 valence electrons. The molecular weight excluding hydrogens is 212 g/mol. The minimum atomic E-state index is 0.0156. The lowest BCUT2D eigenvalue weighted by molar-refractivity contribution is 0.396. The summed E-state index contributed by atoms with van der Waals surface area (Å²) < 4.78 is 2.30. The number of aromatic nitrogens is 3. The summed E-state index contributed by atoms with van der Waals surface area (Å²) in [4.78, 5) is 0. The lowest BCUT2D eigenvalue weighted by Crippen LogP contribution is -2.24. The lowest BCUT2D eigenvalue weighted by Gasteiger charge is -2.22. The summed E-state index contributed by atoms with van der Waals surface area (Å²) in [6.45, 7) is 6.40. The second kappa shape index (κ2) is 5.17. The van der Waals surface area contributed by atoms with E-state index in [1.165, 1.54) is 25.7 Å². The molecule has 2 N–H and O–H groups in total. The third-order valence-corrected chi connectivity index (χ3v) is 4.14. The van der Waals surface area contributed by atoms with Crippen LogP contribution in [0.3, 0.4) is 0 Å². The summed E-state index contributed by atoms with van der Waals surface area (Å²) in [6, 6.07) is 0.594. The molecular formula is C13H24N4. The van der Waals surface area contributed by atoms with Crippen molar-refractivity contribution in [3.05, 3.63) is 11.6 Å². The number of nitrogens with zero attached hydrogens (tertiary/aromatic N) is 3. The highest BCUT2D eigenvalue weighted by atomic mass is 15.3. The van der Waals surface area contributed by atoms with Crippen LogP contribution in [-0.4, -0.2) is 14.8 Å². The van der Waals surface area contributed by atoms with E-state index < -0.39 is 0 Å². The van der Waals surface area contributed by atoms with Gasteiger partial charge < -0.3 is 10.3 Å². The normalized spacial score (nSPS) is 20.7. The van der Waals surface area contributed by atoms with E-state index in [0.29, 0.717) is 12.0 Å². The van der Waals surface area contributed by atoms with Crippen LogP contribution in [0.5, 0.6) is 0 Å². The summed E-state index contributed by atoms with van der Waals surface area (Å²) in [5, 5.41) is 8.55. The third-order valence-electron chi connectivity index (χ3n) is 4.14. The molecule has 17 heavy (non-hydrogen) atoms. The Bertz CT molecular complexity index is 365. The molecule has 2 atom stereocenters. The van der Waals surface area contributed by atoms with Crippen LogP contribution in [0.1, 0.15) is 69.7 Å². The van der Waals surface area contributed by atoms with Gasteiger partial charge in [-0.3, -0.25) is 0 Å². The number of aryl methyl sites for hydroxylation is 1. The maximum Gasteiger partial charge on any atom is 0.150 e. The highest BCUT2D eigenvalue weighted by Crippen LogP contribution is 2.33. The van der Waals surface area contributed by atoms with Crippen LogP contribution in [0, 0.1) is 12.8 Å². The lowest BCUT2D eigenvalue weighted by atomic mass is 9.99. The highest BCUT2D eigenvalue weighted by Gasteiger charge is 2.26. The van der Waals surface area contributed by atoms with E-state index in [4.69, 9.17) is 5.73 Å². The summed E-state index contributed by atoms with van der Waals surface area (Å²) in [7, 11) is 0. The number of hydrogen-bond acceptors (Lipinski definition) is 3. The van der Waals surface area contributed by atoms with Crippen molar-refractivity contribution in [2.75, 3.05) is 0 Å². The summed E-state index contributed by atoms with van der Waals surface area (Å²) in [5.74, 6) is 2.47. The molecule has 1 fully saturated rings. The Morgan fingerprint density at radius 3 is 2.59 bits per heavy atom. The first kappa shape index (κ1) is 12.6. The first-order chi connectivity index (χ1) is 8.15. The smallest absolute Gasteiger partial charge is 0.150 e. The van der Waals surface area contributed by atoms with Crippen LogP contribution in [0.4, 0.5) is 0 Å². The van der Waals surface area contributed by atoms with Crippen LogP contribution in [0.25, 0.3) is 0 Å². The van der Waals surface area contributed by atoms with Crippen molar-refractivity contribution in [2.45, 2.75) is 65.0 Å². The Hall–Kier alpha value is -0.900. The molecule has 1 heterocycles. The average molecular weight is 236 g/mol. The van der Waals surface area contributed by atoms with Crippen molar-refractivity contribution in [3.8, 4) is 0 Å². The van der Waals surface area contributed by atoms with Gasteiger partial charge in [-0.1, -0.05) is 33.1 Å². The molecule has 0 aromatic carbocycles. The topological polar surface area (TPSA) is 56.7 Å². The number of rotatable bonds is 4. The van der Waals surface area contributed by atoms with Crippen molar-refractivity contribution in [3.63, 3.8) is 0 Å². The largest absolute Gasteiger partial charge is 0.321 e. The molecule has 0 bridgehead atoms. The van der Waals surface area contributed by atoms with Gasteiger partial charge in [0.1, 0.15) is 5.82 Å². The van der Waals surface area contributed by atoms with Gasteiger partial charge in [-0.15, -0.1) is 10.2 Å². The zero-order valence-electron chi connectivity index (χ0n) is 11.2. The van der Waals surface area contributed by atoms with Gasteiger partial charge >= 0.3 is 0 Å². The van der Waals surface area contributed by atoms with Gasteiger partial charge in [0.05, 0.1) is 6.04 Å². The number of hydrogen-bond donors (Lipinski definition) is 1. The molecule has 0 radical (unpaired) electrons. The molecule has 1 aliphatic rings. The second-order valence-corrected chi connectivity index (χ2v) is 5.33. The first-order valence-corrected chi connectivity index (χ1v) is 6.82. The van der Waals surface area contributed by atoms with E-state index in [0.717, 1.165) is 18.1 Å². The number of nitrogens with two attached hydrogens (primary N) is 1. The Morgan fingerprint density at radius 1 is 1.35 bits per heavy atom. The van der Waals surface area contributed by atoms with E-state index >= 15 is 0 Å². The average Bonchev–Trinajstić information content (AvgIpc) is 2.95. The second-order valence-electron chi connectivity index (χ2n) is 5.33. The zero-order chi connectivity index (χ0) is 12.4. The van der Waals surface area contributed by atoms with Gasteiger partial charge in [0, 0.05) is 6.04 Å². The van der Waals surface area contributed by atoms with Gasteiger partial charge in [-0.25, -0.2) is 0 Å². The molecule has 0 amide bonds. The SMILES string of the molecule is CCC(C)C(N)c1nnc(C)n1C1CCCC1. The van der Waals surface area contributed by atoms with Gasteiger partial charge in [0.15, 0.2) is 5.82 Å². The summed E-state index contributed by atoms with van der Waals surface area (Å²) >= 11 is 0. The highest BCUT2D eigenvalue weighted by molar-refractivity contribution is 5.04. The molecule has 2 rings (SSSR count). The minimum Gasteiger partial charge on any atom is -0.321 e.